The first-order chi connectivity index (χ1) is 14.0. The maximum atomic E-state index is 12.6. The predicted octanol–water partition coefficient (Wildman–Crippen LogP) is 2.63. The van der Waals surface area contributed by atoms with E-state index < -0.39 is 9.84 Å². The molecule has 0 saturated carbocycles. The summed E-state index contributed by atoms with van der Waals surface area (Å²) >= 11 is 0. The molecule has 0 bridgehead atoms. The van der Waals surface area contributed by atoms with Gasteiger partial charge in [-0.1, -0.05) is 36.4 Å². The minimum atomic E-state index is -3.48. The molecule has 1 amide bonds. The lowest BCUT2D eigenvalue weighted by Crippen LogP contribution is -2.24. The van der Waals surface area contributed by atoms with Crippen LogP contribution in [-0.2, 0) is 22.1 Å². The van der Waals surface area contributed by atoms with Crippen molar-refractivity contribution in [2.45, 2.75) is 17.2 Å². The second-order valence-corrected chi connectivity index (χ2v) is 8.49. The number of hydrogen-bond donors (Lipinski definition) is 1. The Morgan fingerprint density at radius 1 is 0.931 bits per heavy atom. The summed E-state index contributed by atoms with van der Waals surface area (Å²) in [5, 5.41) is 10.9. The number of nitrogens with zero attached hydrogens (tertiary/aromatic N) is 3. The van der Waals surface area contributed by atoms with Gasteiger partial charge in [0, 0.05) is 11.8 Å². The zero-order valence-electron chi connectivity index (χ0n) is 15.4. The Bertz CT molecular complexity index is 1270. The van der Waals surface area contributed by atoms with Crippen LogP contribution in [0.4, 0.5) is 0 Å². The fraction of sp³-hybridized carbons (Fsp3) is 0.0952. The van der Waals surface area contributed by atoms with E-state index in [0.717, 1.165) is 0 Å². The molecule has 7 nitrogen and oxygen atoms in total. The summed E-state index contributed by atoms with van der Waals surface area (Å²) in [6.07, 6.45) is 1.83. The fourth-order valence-electron chi connectivity index (χ4n) is 3.01. The maximum Gasteiger partial charge on any atom is 0.251 e. The smallest absolute Gasteiger partial charge is 0.251 e. The van der Waals surface area contributed by atoms with Crippen molar-refractivity contribution in [1.82, 2.24) is 19.9 Å². The molecule has 0 aliphatic rings. The quantitative estimate of drug-likeness (QED) is 0.531. The van der Waals surface area contributed by atoms with Crippen LogP contribution in [0.3, 0.4) is 0 Å². The van der Waals surface area contributed by atoms with Gasteiger partial charge in [0.2, 0.25) is 0 Å². The number of amides is 1. The van der Waals surface area contributed by atoms with Crippen LogP contribution in [0.15, 0.2) is 83.9 Å². The van der Waals surface area contributed by atoms with Crippen LogP contribution in [0.1, 0.15) is 21.7 Å². The lowest BCUT2D eigenvalue weighted by atomic mass is 10.1. The minimum absolute atomic E-state index is 0.174. The molecule has 0 atom stereocenters. The van der Waals surface area contributed by atoms with Gasteiger partial charge in [-0.05, 0) is 42.0 Å². The lowest BCUT2D eigenvalue weighted by molar-refractivity contribution is 0.0949. The summed E-state index contributed by atoms with van der Waals surface area (Å²) in [6, 6.07) is 20.4. The van der Waals surface area contributed by atoms with Crippen LogP contribution in [0, 0.1) is 0 Å². The summed E-state index contributed by atoms with van der Waals surface area (Å²) in [6.45, 7) is 0.205. The summed E-state index contributed by atoms with van der Waals surface area (Å²) in [5.74, 6) is 0.126. The Morgan fingerprint density at radius 3 is 2.55 bits per heavy atom. The Hall–Kier alpha value is -3.52. The van der Waals surface area contributed by atoms with Gasteiger partial charge >= 0.3 is 0 Å². The molecule has 1 N–H and O–H groups in total. The zero-order valence-corrected chi connectivity index (χ0v) is 16.2. The van der Waals surface area contributed by atoms with Crippen LogP contribution < -0.4 is 5.32 Å². The van der Waals surface area contributed by atoms with E-state index >= 15 is 0 Å². The number of aromatic nitrogens is 3. The van der Waals surface area contributed by atoms with Crippen LogP contribution in [-0.4, -0.2) is 28.9 Å². The molecule has 8 heteroatoms. The first-order valence-electron chi connectivity index (χ1n) is 8.96. The first-order valence-corrected chi connectivity index (χ1v) is 10.6. The normalized spacial score (nSPS) is 11.4. The van der Waals surface area contributed by atoms with Gasteiger partial charge in [-0.15, -0.1) is 10.2 Å². The van der Waals surface area contributed by atoms with Crippen molar-refractivity contribution < 1.29 is 13.2 Å². The average Bonchev–Trinajstić information content (AvgIpc) is 3.16. The van der Waals surface area contributed by atoms with E-state index in [1.54, 1.807) is 59.0 Å². The van der Waals surface area contributed by atoms with Crippen LogP contribution in [0.5, 0.6) is 0 Å². The topological polar surface area (TPSA) is 93.4 Å². The third-order valence-electron chi connectivity index (χ3n) is 4.44. The highest BCUT2D eigenvalue weighted by Gasteiger charge is 2.16. The summed E-state index contributed by atoms with van der Waals surface area (Å²) in [7, 11) is -3.48. The molecule has 0 spiro atoms. The van der Waals surface area contributed by atoms with Gasteiger partial charge in [0.05, 0.1) is 17.2 Å². The maximum absolute atomic E-state index is 12.6. The van der Waals surface area contributed by atoms with Gasteiger partial charge < -0.3 is 5.32 Å². The molecule has 4 rings (SSSR count). The van der Waals surface area contributed by atoms with Crippen molar-refractivity contribution >= 4 is 21.4 Å². The predicted molar refractivity (Wildman–Crippen MR) is 108 cm³/mol. The zero-order chi connectivity index (χ0) is 20.3. The molecule has 0 saturated heterocycles. The van der Waals surface area contributed by atoms with E-state index in [0.29, 0.717) is 22.6 Å². The average molecular weight is 406 g/mol. The van der Waals surface area contributed by atoms with Gasteiger partial charge in [-0.2, -0.15) is 0 Å². The van der Waals surface area contributed by atoms with Gasteiger partial charge in [0.1, 0.15) is 0 Å². The minimum Gasteiger partial charge on any atom is -0.345 e. The number of nitrogens with one attached hydrogen (secondary N) is 1. The van der Waals surface area contributed by atoms with Gasteiger partial charge in [-0.25, -0.2) is 8.42 Å². The number of fused-ring (bicyclic) bond motifs is 1. The van der Waals surface area contributed by atoms with E-state index in [4.69, 9.17) is 0 Å². The first kappa shape index (κ1) is 18.8. The number of carbonyl (C=O) groups excluding carboxylic acids is 1. The Balaban J connectivity index is 1.47. The second kappa shape index (κ2) is 7.84. The monoisotopic (exact) mass is 406 g/mol. The van der Waals surface area contributed by atoms with E-state index in [2.05, 4.69) is 15.5 Å². The van der Waals surface area contributed by atoms with Crippen LogP contribution in [0.25, 0.3) is 5.65 Å². The van der Waals surface area contributed by atoms with Crippen molar-refractivity contribution in [1.29, 1.82) is 0 Å². The third-order valence-corrected chi connectivity index (χ3v) is 6.14. The standard InChI is InChI=1S/C21H18N4O3S/c26-21(22-14-20-24-23-19-11-4-5-12-25(19)20)17-8-6-7-16(13-17)15-29(27,28)18-9-2-1-3-10-18/h1-13H,14-15H2,(H,22,26). The molecule has 0 aliphatic carbocycles. The third kappa shape index (κ3) is 4.17. The van der Waals surface area contributed by atoms with Gasteiger partial charge in [0.25, 0.3) is 5.91 Å². The van der Waals surface area contributed by atoms with Gasteiger partial charge in [0.15, 0.2) is 21.3 Å². The molecule has 0 fully saturated rings. The molecule has 0 unspecified atom stereocenters. The highest BCUT2D eigenvalue weighted by atomic mass is 32.2. The van der Waals surface area contributed by atoms with E-state index in [-0.39, 0.29) is 23.1 Å². The molecule has 2 aromatic carbocycles. The van der Waals surface area contributed by atoms with E-state index in [1.165, 1.54) is 0 Å². The van der Waals surface area contributed by atoms with Gasteiger partial charge in [-0.3, -0.25) is 9.20 Å². The molecular weight excluding hydrogens is 388 g/mol. The molecule has 2 aromatic heterocycles. The number of benzene rings is 2. The highest BCUT2D eigenvalue weighted by molar-refractivity contribution is 7.90. The summed E-state index contributed by atoms with van der Waals surface area (Å²) in [5.41, 5.74) is 1.64. The van der Waals surface area contributed by atoms with Crippen molar-refractivity contribution in [3.63, 3.8) is 0 Å². The molecule has 0 radical (unpaired) electrons. The molecule has 146 valence electrons. The fourth-order valence-corrected chi connectivity index (χ4v) is 4.36. The molecule has 0 aliphatic heterocycles. The number of hydrogen-bond acceptors (Lipinski definition) is 5. The van der Waals surface area contributed by atoms with Crippen LogP contribution >= 0.6 is 0 Å². The molecular formula is C21H18N4O3S. The molecule has 4 aromatic rings. The second-order valence-electron chi connectivity index (χ2n) is 6.50. The van der Waals surface area contributed by atoms with E-state index in [1.807, 2.05) is 24.4 Å². The summed E-state index contributed by atoms with van der Waals surface area (Å²) in [4.78, 5) is 12.8. The lowest BCUT2D eigenvalue weighted by Gasteiger charge is -2.08. The molecule has 29 heavy (non-hydrogen) atoms. The van der Waals surface area contributed by atoms with Crippen molar-refractivity contribution in [3.05, 3.63) is 95.9 Å². The number of carbonyl (C=O) groups is 1. The SMILES string of the molecule is O=C(NCc1nnc2ccccn12)c1cccc(CS(=O)(=O)c2ccccc2)c1. The molecule has 2 heterocycles. The summed E-state index contributed by atoms with van der Waals surface area (Å²) < 4.78 is 26.9. The number of pyridine rings is 1. The Morgan fingerprint density at radius 2 is 1.72 bits per heavy atom. The van der Waals surface area contributed by atoms with Crippen molar-refractivity contribution in [3.8, 4) is 0 Å². The van der Waals surface area contributed by atoms with Crippen LogP contribution in [0.2, 0.25) is 0 Å². The number of sulfone groups is 1. The van der Waals surface area contributed by atoms with Crippen molar-refractivity contribution in [2.75, 3.05) is 0 Å². The largest absolute Gasteiger partial charge is 0.345 e. The number of rotatable bonds is 6. The highest BCUT2D eigenvalue weighted by Crippen LogP contribution is 2.17. The Labute approximate surface area is 168 Å². The Kier molecular flexibility index (Phi) is 5.09. The van der Waals surface area contributed by atoms with E-state index in [9.17, 15) is 13.2 Å². The van der Waals surface area contributed by atoms with Crippen molar-refractivity contribution in [2.24, 2.45) is 0 Å².